The third kappa shape index (κ3) is 5.19. The van der Waals surface area contributed by atoms with Crippen LogP contribution in [-0.2, 0) is 17.6 Å². The first-order chi connectivity index (χ1) is 11.6. The van der Waals surface area contributed by atoms with E-state index in [1.807, 2.05) is 24.3 Å². The summed E-state index contributed by atoms with van der Waals surface area (Å²) in [4.78, 5) is 11.9. The van der Waals surface area contributed by atoms with Crippen molar-refractivity contribution < 1.29 is 19.4 Å². The molecule has 0 heterocycles. The number of rotatable bonds is 8. The zero-order valence-electron chi connectivity index (χ0n) is 14.0. The van der Waals surface area contributed by atoms with Gasteiger partial charge in [-0.3, -0.25) is 4.79 Å². The van der Waals surface area contributed by atoms with E-state index in [2.05, 4.69) is 5.32 Å². The highest BCUT2D eigenvalue weighted by molar-refractivity contribution is 5.76. The molecular weight excluding hydrogens is 306 g/mol. The second-order valence-electron chi connectivity index (χ2n) is 5.45. The third-order valence-corrected chi connectivity index (χ3v) is 3.78. The summed E-state index contributed by atoms with van der Waals surface area (Å²) in [5.41, 5.74) is 2.11. The second kappa shape index (κ2) is 8.82. The number of hydrogen-bond donors (Lipinski definition) is 2. The number of methoxy groups -OCH3 is 2. The minimum absolute atomic E-state index is 0.00977. The highest BCUT2D eigenvalue weighted by Crippen LogP contribution is 2.26. The van der Waals surface area contributed by atoms with Crippen molar-refractivity contribution in [1.29, 1.82) is 0 Å². The molecule has 0 saturated heterocycles. The van der Waals surface area contributed by atoms with Gasteiger partial charge in [0, 0.05) is 13.0 Å². The molecule has 0 aliphatic rings. The maximum absolute atomic E-state index is 11.9. The lowest BCUT2D eigenvalue weighted by molar-refractivity contribution is -0.121. The number of hydrogen-bond acceptors (Lipinski definition) is 4. The molecule has 2 aromatic rings. The standard InChI is InChI=1S/C19H23NO4/c1-23-16-7-3-14(4-8-16)11-12-20-19(22)10-6-15-5-9-17(21)18(13-15)24-2/h3-5,7-9,13,21H,6,10-12H2,1-2H3,(H,20,22). The van der Waals surface area contributed by atoms with Crippen molar-refractivity contribution in [2.24, 2.45) is 0 Å². The van der Waals surface area contributed by atoms with E-state index < -0.39 is 0 Å². The van der Waals surface area contributed by atoms with Crippen molar-refractivity contribution >= 4 is 5.91 Å². The van der Waals surface area contributed by atoms with Gasteiger partial charge in [0.2, 0.25) is 5.91 Å². The molecule has 128 valence electrons. The summed E-state index contributed by atoms with van der Waals surface area (Å²) in [6.45, 7) is 0.601. The van der Waals surface area contributed by atoms with E-state index in [4.69, 9.17) is 9.47 Å². The average Bonchev–Trinajstić information content (AvgIpc) is 2.61. The molecule has 0 atom stereocenters. The highest BCUT2D eigenvalue weighted by Gasteiger charge is 2.06. The Morgan fingerprint density at radius 3 is 2.38 bits per heavy atom. The number of amides is 1. The summed E-state index contributed by atoms with van der Waals surface area (Å²) in [6.07, 6.45) is 1.78. The minimum Gasteiger partial charge on any atom is -0.504 e. The van der Waals surface area contributed by atoms with E-state index in [0.717, 1.165) is 23.3 Å². The Bertz CT molecular complexity index is 668. The minimum atomic E-state index is 0.00977. The lowest BCUT2D eigenvalue weighted by Gasteiger charge is -2.08. The van der Waals surface area contributed by atoms with Gasteiger partial charge >= 0.3 is 0 Å². The fourth-order valence-corrected chi connectivity index (χ4v) is 2.36. The maximum atomic E-state index is 11.9. The molecule has 0 bridgehead atoms. The first-order valence-corrected chi connectivity index (χ1v) is 7.88. The van der Waals surface area contributed by atoms with Crippen LogP contribution in [0.5, 0.6) is 17.2 Å². The Balaban J connectivity index is 1.73. The lowest BCUT2D eigenvalue weighted by Crippen LogP contribution is -2.25. The van der Waals surface area contributed by atoms with Gasteiger partial charge < -0.3 is 19.9 Å². The fourth-order valence-electron chi connectivity index (χ4n) is 2.36. The molecule has 0 spiro atoms. The Morgan fingerprint density at radius 1 is 1.00 bits per heavy atom. The van der Waals surface area contributed by atoms with Crippen LogP contribution in [0.3, 0.4) is 0 Å². The topological polar surface area (TPSA) is 67.8 Å². The molecule has 0 fully saturated rings. The molecule has 0 saturated carbocycles. The number of carbonyl (C=O) groups is 1. The quantitative estimate of drug-likeness (QED) is 0.781. The Kier molecular flexibility index (Phi) is 6.49. The van der Waals surface area contributed by atoms with E-state index in [1.54, 1.807) is 25.3 Å². The smallest absolute Gasteiger partial charge is 0.220 e. The van der Waals surface area contributed by atoms with E-state index in [9.17, 15) is 9.90 Å². The van der Waals surface area contributed by atoms with E-state index in [-0.39, 0.29) is 11.7 Å². The predicted octanol–water partition coefficient (Wildman–Crippen LogP) is 2.70. The second-order valence-corrected chi connectivity index (χ2v) is 5.45. The van der Waals surface area contributed by atoms with Crippen molar-refractivity contribution in [3.8, 4) is 17.2 Å². The van der Waals surface area contributed by atoms with Crippen molar-refractivity contribution in [2.75, 3.05) is 20.8 Å². The normalized spacial score (nSPS) is 10.2. The number of benzene rings is 2. The van der Waals surface area contributed by atoms with Gasteiger partial charge in [0.25, 0.3) is 0 Å². The van der Waals surface area contributed by atoms with Gasteiger partial charge in [-0.25, -0.2) is 0 Å². The van der Waals surface area contributed by atoms with Gasteiger partial charge in [0.05, 0.1) is 14.2 Å². The summed E-state index contributed by atoms with van der Waals surface area (Å²) in [5.74, 6) is 1.36. The molecule has 1 amide bonds. The molecule has 2 rings (SSSR count). The Hall–Kier alpha value is -2.69. The molecule has 0 aromatic heterocycles. The van der Waals surface area contributed by atoms with Crippen LogP contribution in [0.15, 0.2) is 42.5 Å². The van der Waals surface area contributed by atoms with Crippen LogP contribution < -0.4 is 14.8 Å². The SMILES string of the molecule is COc1ccc(CCNC(=O)CCc2ccc(O)c(OC)c2)cc1. The molecule has 0 aliphatic heterocycles. The van der Waals surface area contributed by atoms with E-state index in [0.29, 0.717) is 25.1 Å². The molecule has 0 aliphatic carbocycles. The summed E-state index contributed by atoms with van der Waals surface area (Å²) in [7, 11) is 3.14. The first kappa shape index (κ1) is 17.7. The number of phenols is 1. The summed E-state index contributed by atoms with van der Waals surface area (Å²) in [5, 5.41) is 12.5. The zero-order chi connectivity index (χ0) is 17.4. The van der Waals surface area contributed by atoms with Crippen molar-refractivity contribution in [3.63, 3.8) is 0 Å². The van der Waals surface area contributed by atoms with Crippen LogP contribution in [0.1, 0.15) is 17.5 Å². The zero-order valence-corrected chi connectivity index (χ0v) is 14.0. The average molecular weight is 329 g/mol. The van der Waals surface area contributed by atoms with Crippen molar-refractivity contribution in [3.05, 3.63) is 53.6 Å². The molecule has 0 radical (unpaired) electrons. The molecule has 5 nitrogen and oxygen atoms in total. The van der Waals surface area contributed by atoms with Gasteiger partial charge in [-0.1, -0.05) is 18.2 Å². The summed E-state index contributed by atoms with van der Waals surface area (Å²) in [6, 6.07) is 12.9. The van der Waals surface area contributed by atoms with E-state index >= 15 is 0 Å². The van der Waals surface area contributed by atoms with E-state index in [1.165, 1.54) is 7.11 Å². The molecule has 2 N–H and O–H groups in total. The number of ether oxygens (including phenoxy) is 2. The summed E-state index contributed by atoms with van der Waals surface area (Å²) < 4.78 is 10.2. The van der Waals surface area contributed by atoms with Crippen LogP contribution in [0, 0.1) is 0 Å². The molecular formula is C19H23NO4. The Morgan fingerprint density at radius 2 is 1.71 bits per heavy atom. The van der Waals surface area contributed by atoms with Gasteiger partial charge in [-0.05, 0) is 48.2 Å². The van der Waals surface area contributed by atoms with Gasteiger partial charge in [0.15, 0.2) is 11.5 Å². The predicted molar refractivity (Wildman–Crippen MR) is 92.7 cm³/mol. The number of phenolic OH excluding ortho intramolecular Hbond substituents is 1. The van der Waals surface area contributed by atoms with Crippen molar-refractivity contribution in [1.82, 2.24) is 5.32 Å². The Labute approximate surface area is 142 Å². The lowest BCUT2D eigenvalue weighted by atomic mass is 10.1. The third-order valence-electron chi connectivity index (χ3n) is 3.78. The summed E-state index contributed by atoms with van der Waals surface area (Å²) >= 11 is 0. The number of nitrogens with one attached hydrogen (secondary N) is 1. The van der Waals surface area contributed by atoms with Gasteiger partial charge in [-0.2, -0.15) is 0 Å². The molecule has 0 unspecified atom stereocenters. The number of aryl methyl sites for hydroxylation is 1. The van der Waals surface area contributed by atoms with Crippen molar-refractivity contribution in [2.45, 2.75) is 19.3 Å². The maximum Gasteiger partial charge on any atom is 0.220 e. The van der Waals surface area contributed by atoms with Crippen LogP contribution in [0.25, 0.3) is 0 Å². The van der Waals surface area contributed by atoms with Crippen LogP contribution >= 0.6 is 0 Å². The molecule has 5 heteroatoms. The monoisotopic (exact) mass is 329 g/mol. The van der Waals surface area contributed by atoms with Crippen LogP contribution in [0.2, 0.25) is 0 Å². The van der Waals surface area contributed by atoms with Gasteiger partial charge in [0.1, 0.15) is 5.75 Å². The molecule has 2 aromatic carbocycles. The molecule has 24 heavy (non-hydrogen) atoms. The fraction of sp³-hybridized carbons (Fsp3) is 0.316. The highest BCUT2D eigenvalue weighted by atomic mass is 16.5. The number of aromatic hydroxyl groups is 1. The largest absolute Gasteiger partial charge is 0.504 e. The number of carbonyl (C=O) groups excluding carboxylic acids is 1. The van der Waals surface area contributed by atoms with Crippen LogP contribution in [-0.4, -0.2) is 31.8 Å². The van der Waals surface area contributed by atoms with Crippen LogP contribution in [0.4, 0.5) is 0 Å². The van der Waals surface area contributed by atoms with Gasteiger partial charge in [-0.15, -0.1) is 0 Å². The first-order valence-electron chi connectivity index (χ1n) is 7.88.